The standard InChI is InChI=1S/C39H51N5O8/c1-27-31(34(45)40-18-22-42(23-19-40)36(47)51-38(2,3)4)44(29-14-16-30(49-8)17-15-29)32(33(27)50-26-28-12-10-9-11-13-28)35(46)41-20-24-43(25-21-41)37(48)52-39(5,6)7/h9-17H,18-26H2,1-8H3. The van der Waals surface area contributed by atoms with Crippen LogP contribution in [-0.2, 0) is 16.1 Å². The molecule has 3 heterocycles. The predicted molar refractivity (Wildman–Crippen MR) is 195 cm³/mol. The van der Waals surface area contributed by atoms with Gasteiger partial charge in [-0.15, -0.1) is 0 Å². The summed E-state index contributed by atoms with van der Waals surface area (Å²) in [6.07, 6.45) is -0.850. The third-order valence-electron chi connectivity index (χ3n) is 8.76. The second-order valence-electron chi connectivity index (χ2n) is 15.0. The van der Waals surface area contributed by atoms with Crippen molar-refractivity contribution in [2.24, 2.45) is 0 Å². The highest BCUT2D eigenvalue weighted by atomic mass is 16.6. The first-order valence-electron chi connectivity index (χ1n) is 17.7. The maximum atomic E-state index is 14.7. The molecular formula is C39H51N5O8. The van der Waals surface area contributed by atoms with E-state index in [4.69, 9.17) is 18.9 Å². The van der Waals surface area contributed by atoms with E-state index in [-0.39, 0.29) is 69.1 Å². The molecule has 0 radical (unpaired) electrons. The summed E-state index contributed by atoms with van der Waals surface area (Å²) in [4.78, 5) is 61.5. The largest absolute Gasteiger partial charge is 0.497 e. The second-order valence-corrected chi connectivity index (χ2v) is 15.0. The number of piperazine rings is 2. The molecule has 3 aromatic rings. The SMILES string of the molecule is COc1ccc(-n2c(C(=O)N3CCN(C(=O)OC(C)(C)C)CC3)c(C)c(OCc3ccccc3)c2C(=O)N2CCN(C(=O)OC(C)(C)C)CC2)cc1. The number of amides is 4. The average molecular weight is 718 g/mol. The number of carbonyl (C=O) groups is 4. The Kier molecular flexibility index (Phi) is 11.4. The first-order valence-corrected chi connectivity index (χ1v) is 17.7. The summed E-state index contributed by atoms with van der Waals surface area (Å²) in [6, 6.07) is 16.8. The van der Waals surface area contributed by atoms with Gasteiger partial charge < -0.3 is 38.5 Å². The Hall–Kier alpha value is -5.20. The molecule has 2 aliphatic heterocycles. The normalized spacial score (nSPS) is 15.3. The van der Waals surface area contributed by atoms with Gasteiger partial charge in [0, 0.05) is 63.6 Å². The highest BCUT2D eigenvalue weighted by Gasteiger charge is 2.38. The van der Waals surface area contributed by atoms with Crippen molar-refractivity contribution in [1.82, 2.24) is 24.2 Å². The monoisotopic (exact) mass is 717 g/mol. The third-order valence-corrected chi connectivity index (χ3v) is 8.76. The molecule has 1 aromatic heterocycles. The van der Waals surface area contributed by atoms with Gasteiger partial charge in [0.15, 0.2) is 11.4 Å². The van der Waals surface area contributed by atoms with Crippen LogP contribution < -0.4 is 9.47 Å². The number of nitrogens with zero attached hydrogens (tertiary/aromatic N) is 5. The van der Waals surface area contributed by atoms with Crippen LogP contribution >= 0.6 is 0 Å². The summed E-state index contributed by atoms with van der Waals surface area (Å²) in [7, 11) is 1.57. The Morgan fingerprint density at radius 1 is 0.615 bits per heavy atom. The predicted octanol–water partition coefficient (Wildman–Crippen LogP) is 5.76. The molecule has 0 aliphatic carbocycles. The molecule has 4 amide bonds. The summed E-state index contributed by atoms with van der Waals surface area (Å²) in [5.41, 5.74) is 1.20. The molecule has 280 valence electrons. The molecule has 0 spiro atoms. The van der Waals surface area contributed by atoms with Crippen LogP contribution in [-0.4, -0.2) is 119 Å². The molecule has 13 heteroatoms. The van der Waals surface area contributed by atoms with Crippen LogP contribution in [0.1, 0.15) is 73.6 Å². The fourth-order valence-corrected chi connectivity index (χ4v) is 6.15. The van der Waals surface area contributed by atoms with Gasteiger partial charge in [0.05, 0.1) is 7.11 Å². The molecule has 0 atom stereocenters. The van der Waals surface area contributed by atoms with Gasteiger partial charge in [0.25, 0.3) is 11.8 Å². The summed E-state index contributed by atoms with van der Waals surface area (Å²) in [5, 5.41) is 0. The molecular weight excluding hydrogens is 666 g/mol. The molecule has 0 saturated carbocycles. The Labute approximate surface area is 305 Å². The smallest absolute Gasteiger partial charge is 0.410 e. The van der Waals surface area contributed by atoms with Crippen molar-refractivity contribution >= 4 is 24.0 Å². The van der Waals surface area contributed by atoms with Gasteiger partial charge in [0.2, 0.25) is 0 Å². The van der Waals surface area contributed by atoms with Crippen molar-refractivity contribution < 1.29 is 38.1 Å². The maximum Gasteiger partial charge on any atom is 0.410 e. The van der Waals surface area contributed by atoms with Crippen LogP contribution in [0.5, 0.6) is 11.5 Å². The Morgan fingerprint density at radius 3 is 1.50 bits per heavy atom. The number of ether oxygens (including phenoxy) is 4. The molecule has 0 bridgehead atoms. The quantitative estimate of drug-likeness (QED) is 0.303. The lowest BCUT2D eigenvalue weighted by atomic mass is 10.2. The second kappa shape index (κ2) is 15.6. The van der Waals surface area contributed by atoms with Gasteiger partial charge in [-0.3, -0.25) is 14.2 Å². The van der Waals surface area contributed by atoms with Crippen LogP contribution in [0.25, 0.3) is 5.69 Å². The van der Waals surface area contributed by atoms with Crippen LogP contribution in [0.2, 0.25) is 0 Å². The zero-order valence-corrected chi connectivity index (χ0v) is 31.6. The van der Waals surface area contributed by atoms with Gasteiger partial charge in [-0.2, -0.15) is 0 Å². The maximum absolute atomic E-state index is 14.7. The summed E-state index contributed by atoms with van der Waals surface area (Å²) in [5.74, 6) is 0.288. The lowest BCUT2D eigenvalue weighted by molar-refractivity contribution is 0.0136. The van der Waals surface area contributed by atoms with Crippen molar-refractivity contribution in [3.8, 4) is 17.2 Å². The number of rotatable bonds is 7. The van der Waals surface area contributed by atoms with Crippen LogP contribution in [0.15, 0.2) is 54.6 Å². The number of benzene rings is 2. The molecule has 52 heavy (non-hydrogen) atoms. The molecule has 2 saturated heterocycles. The summed E-state index contributed by atoms with van der Waals surface area (Å²) in [6.45, 7) is 15.1. The Morgan fingerprint density at radius 2 is 1.06 bits per heavy atom. The van der Waals surface area contributed by atoms with E-state index < -0.39 is 23.4 Å². The minimum Gasteiger partial charge on any atom is -0.497 e. The first-order chi connectivity index (χ1) is 24.6. The highest BCUT2D eigenvalue weighted by Crippen LogP contribution is 2.36. The zero-order chi connectivity index (χ0) is 37.8. The van der Waals surface area contributed by atoms with Gasteiger partial charge >= 0.3 is 12.2 Å². The highest BCUT2D eigenvalue weighted by molar-refractivity contribution is 6.03. The van der Waals surface area contributed by atoms with E-state index >= 15 is 0 Å². The van der Waals surface area contributed by atoms with E-state index in [2.05, 4.69) is 0 Å². The molecule has 2 aromatic carbocycles. The third kappa shape index (κ3) is 8.99. The molecule has 13 nitrogen and oxygen atoms in total. The van der Waals surface area contributed by atoms with Crippen molar-refractivity contribution in [3.05, 3.63) is 77.1 Å². The Balaban J connectivity index is 1.52. The lowest BCUT2D eigenvalue weighted by Crippen LogP contribution is -2.52. The van der Waals surface area contributed by atoms with Crippen LogP contribution in [0.4, 0.5) is 9.59 Å². The van der Waals surface area contributed by atoms with Gasteiger partial charge in [-0.25, -0.2) is 9.59 Å². The van der Waals surface area contributed by atoms with Crippen molar-refractivity contribution in [1.29, 1.82) is 0 Å². The molecule has 2 fully saturated rings. The number of methoxy groups -OCH3 is 1. The van der Waals surface area contributed by atoms with E-state index in [0.717, 1.165) is 5.56 Å². The fourth-order valence-electron chi connectivity index (χ4n) is 6.15. The Bertz CT molecular complexity index is 1740. The number of carbonyl (C=O) groups excluding carboxylic acids is 4. The zero-order valence-electron chi connectivity index (χ0n) is 31.6. The lowest BCUT2D eigenvalue weighted by Gasteiger charge is -2.36. The van der Waals surface area contributed by atoms with E-state index in [1.165, 1.54) is 0 Å². The molecule has 5 rings (SSSR count). The minimum absolute atomic E-state index is 0.170. The van der Waals surface area contributed by atoms with Gasteiger partial charge in [-0.05, 0) is 78.3 Å². The van der Waals surface area contributed by atoms with Gasteiger partial charge in [0.1, 0.15) is 29.3 Å². The van der Waals surface area contributed by atoms with Crippen LogP contribution in [0, 0.1) is 6.92 Å². The topological polar surface area (TPSA) is 123 Å². The van der Waals surface area contributed by atoms with E-state index in [0.29, 0.717) is 35.8 Å². The molecule has 0 unspecified atom stereocenters. The van der Waals surface area contributed by atoms with E-state index in [9.17, 15) is 19.2 Å². The molecule has 0 N–H and O–H groups in total. The van der Waals surface area contributed by atoms with Crippen molar-refractivity contribution in [2.45, 2.75) is 66.3 Å². The summed E-state index contributed by atoms with van der Waals surface area (Å²) < 4.78 is 24.7. The van der Waals surface area contributed by atoms with E-state index in [1.807, 2.05) is 71.9 Å². The van der Waals surface area contributed by atoms with E-state index in [1.54, 1.807) is 62.5 Å². The van der Waals surface area contributed by atoms with Crippen LogP contribution in [0.3, 0.4) is 0 Å². The first kappa shape index (κ1) is 38.0. The van der Waals surface area contributed by atoms with Gasteiger partial charge in [-0.1, -0.05) is 30.3 Å². The number of aromatic nitrogens is 1. The average Bonchev–Trinajstić information content (AvgIpc) is 3.40. The molecule has 2 aliphatic rings. The summed E-state index contributed by atoms with van der Waals surface area (Å²) >= 11 is 0. The fraction of sp³-hybridized carbons (Fsp3) is 0.487. The minimum atomic E-state index is -0.642. The number of hydrogen-bond acceptors (Lipinski definition) is 8. The van der Waals surface area contributed by atoms with Crippen molar-refractivity contribution in [3.63, 3.8) is 0 Å². The number of hydrogen-bond donors (Lipinski definition) is 0. The van der Waals surface area contributed by atoms with Crippen molar-refractivity contribution in [2.75, 3.05) is 59.5 Å².